The Kier molecular flexibility index (Phi) is 7.65. The molecule has 0 rings (SSSR count). The molecule has 3 heteroatoms. The van der Waals surface area contributed by atoms with Gasteiger partial charge in [-0.3, -0.25) is 0 Å². The number of rotatable bonds is 8. The summed E-state index contributed by atoms with van der Waals surface area (Å²) >= 11 is 0. The fourth-order valence-electron chi connectivity index (χ4n) is 1.04. The van der Waals surface area contributed by atoms with Crippen LogP contribution in [0.1, 0.15) is 27.7 Å². The maximum Gasteiger partial charge on any atom is 0.0707 e. The van der Waals surface area contributed by atoms with E-state index in [1.54, 1.807) is 0 Å². The van der Waals surface area contributed by atoms with Gasteiger partial charge in [-0.25, -0.2) is 0 Å². The zero-order valence-electron chi connectivity index (χ0n) is 10.5. The molecule has 0 saturated carbocycles. The number of nitrogens with one attached hydrogen (secondary N) is 1. The Labute approximate surface area is 93.8 Å². The van der Waals surface area contributed by atoms with Gasteiger partial charge in [0.15, 0.2) is 0 Å². The number of hydrogen-bond acceptors (Lipinski definition) is 3. The van der Waals surface area contributed by atoms with E-state index in [9.17, 15) is 0 Å². The largest absolute Gasteiger partial charge is 0.375 e. The quantitative estimate of drug-likeness (QED) is 0.496. The third kappa shape index (κ3) is 11.5. The second-order valence-electron chi connectivity index (χ2n) is 4.59. The van der Waals surface area contributed by atoms with E-state index in [1.165, 1.54) is 0 Å². The molecule has 0 radical (unpaired) electrons. The van der Waals surface area contributed by atoms with Gasteiger partial charge < -0.3 is 14.8 Å². The lowest BCUT2D eigenvalue weighted by atomic mass is 10.2. The molecule has 0 heterocycles. The summed E-state index contributed by atoms with van der Waals surface area (Å²) in [6.07, 6.45) is 2.06. The zero-order valence-corrected chi connectivity index (χ0v) is 10.5. The van der Waals surface area contributed by atoms with Crippen molar-refractivity contribution in [2.24, 2.45) is 0 Å². The Bertz CT molecular complexity index is 163. The highest BCUT2D eigenvalue weighted by molar-refractivity contribution is 4.70. The van der Waals surface area contributed by atoms with Crippen LogP contribution in [0.15, 0.2) is 12.7 Å². The first kappa shape index (κ1) is 14.6. The standard InChI is InChI=1S/C12H25NO2/c1-6-7-13-10-11(2)14-8-9-15-12(3,4)5/h6,11,13H,1,7-10H2,2-5H3. The third-order valence-electron chi connectivity index (χ3n) is 1.74. The SMILES string of the molecule is C=CCNCC(C)OCCOC(C)(C)C. The van der Waals surface area contributed by atoms with Crippen molar-refractivity contribution in [1.29, 1.82) is 0 Å². The van der Waals surface area contributed by atoms with E-state index < -0.39 is 0 Å². The molecule has 0 spiro atoms. The van der Waals surface area contributed by atoms with E-state index >= 15 is 0 Å². The highest BCUT2D eigenvalue weighted by Gasteiger charge is 2.09. The summed E-state index contributed by atoms with van der Waals surface area (Å²) in [6.45, 7) is 14.8. The van der Waals surface area contributed by atoms with Crippen LogP contribution in [0.3, 0.4) is 0 Å². The number of hydrogen-bond donors (Lipinski definition) is 1. The van der Waals surface area contributed by atoms with E-state index in [1.807, 2.05) is 33.8 Å². The van der Waals surface area contributed by atoms with Crippen molar-refractivity contribution in [2.75, 3.05) is 26.3 Å². The molecule has 0 aromatic carbocycles. The van der Waals surface area contributed by atoms with Gasteiger partial charge in [0, 0.05) is 13.1 Å². The second kappa shape index (κ2) is 7.85. The van der Waals surface area contributed by atoms with Gasteiger partial charge in [0.2, 0.25) is 0 Å². The monoisotopic (exact) mass is 215 g/mol. The van der Waals surface area contributed by atoms with Gasteiger partial charge in [-0.05, 0) is 27.7 Å². The van der Waals surface area contributed by atoms with Crippen molar-refractivity contribution in [3.63, 3.8) is 0 Å². The van der Waals surface area contributed by atoms with Crippen molar-refractivity contribution in [2.45, 2.75) is 39.4 Å². The Morgan fingerprint density at radius 3 is 2.53 bits per heavy atom. The van der Waals surface area contributed by atoms with E-state index in [0.29, 0.717) is 13.2 Å². The molecule has 0 amide bonds. The van der Waals surface area contributed by atoms with Crippen LogP contribution in [-0.2, 0) is 9.47 Å². The Hall–Kier alpha value is -0.380. The van der Waals surface area contributed by atoms with Gasteiger partial charge in [-0.15, -0.1) is 6.58 Å². The van der Waals surface area contributed by atoms with Crippen LogP contribution in [0.2, 0.25) is 0 Å². The molecule has 0 bridgehead atoms. The topological polar surface area (TPSA) is 30.5 Å². The van der Waals surface area contributed by atoms with E-state index in [-0.39, 0.29) is 11.7 Å². The van der Waals surface area contributed by atoms with E-state index in [4.69, 9.17) is 9.47 Å². The van der Waals surface area contributed by atoms with E-state index in [0.717, 1.165) is 13.1 Å². The molecule has 0 aliphatic carbocycles. The maximum atomic E-state index is 5.56. The normalized spacial score (nSPS) is 13.9. The fraction of sp³-hybridized carbons (Fsp3) is 0.833. The molecule has 0 saturated heterocycles. The summed E-state index contributed by atoms with van der Waals surface area (Å²) in [5.41, 5.74) is -0.0757. The highest BCUT2D eigenvalue weighted by Crippen LogP contribution is 2.05. The van der Waals surface area contributed by atoms with Crippen LogP contribution < -0.4 is 5.32 Å². The highest BCUT2D eigenvalue weighted by atomic mass is 16.5. The summed E-state index contributed by atoms with van der Waals surface area (Å²) < 4.78 is 11.1. The molecule has 1 unspecified atom stereocenters. The second-order valence-corrected chi connectivity index (χ2v) is 4.59. The van der Waals surface area contributed by atoms with Crippen molar-refractivity contribution in [1.82, 2.24) is 5.32 Å². The van der Waals surface area contributed by atoms with Gasteiger partial charge in [0.05, 0.1) is 24.9 Å². The Morgan fingerprint density at radius 1 is 1.33 bits per heavy atom. The van der Waals surface area contributed by atoms with Crippen molar-refractivity contribution in [3.8, 4) is 0 Å². The van der Waals surface area contributed by atoms with Crippen LogP contribution in [0.4, 0.5) is 0 Å². The summed E-state index contributed by atoms with van der Waals surface area (Å²) in [6, 6.07) is 0. The molecular formula is C12H25NO2. The lowest BCUT2D eigenvalue weighted by molar-refractivity contribution is -0.0478. The van der Waals surface area contributed by atoms with Crippen molar-refractivity contribution < 1.29 is 9.47 Å². The summed E-state index contributed by atoms with van der Waals surface area (Å²) in [5.74, 6) is 0. The average Bonchev–Trinajstić information content (AvgIpc) is 2.11. The first-order chi connectivity index (χ1) is 6.95. The van der Waals surface area contributed by atoms with Crippen LogP contribution in [0.5, 0.6) is 0 Å². The first-order valence-electron chi connectivity index (χ1n) is 5.53. The molecular weight excluding hydrogens is 190 g/mol. The van der Waals surface area contributed by atoms with Crippen molar-refractivity contribution in [3.05, 3.63) is 12.7 Å². The van der Waals surface area contributed by atoms with Gasteiger partial charge in [-0.2, -0.15) is 0 Å². The predicted molar refractivity (Wildman–Crippen MR) is 64.2 cm³/mol. The molecule has 0 fully saturated rings. The van der Waals surface area contributed by atoms with E-state index in [2.05, 4.69) is 11.9 Å². The molecule has 3 nitrogen and oxygen atoms in total. The van der Waals surface area contributed by atoms with Crippen LogP contribution >= 0.6 is 0 Å². The maximum absolute atomic E-state index is 5.56. The summed E-state index contributed by atoms with van der Waals surface area (Å²) in [5, 5.41) is 3.21. The van der Waals surface area contributed by atoms with Crippen LogP contribution in [-0.4, -0.2) is 38.0 Å². The summed E-state index contributed by atoms with van der Waals surface area (Å²) in [7, 11) is 0. The van der Waals surface area contributed by atoms with Gasteiger partial charge >= 0.3 is 0 Å². The first-order valence-corrected chi connectivity index (χ1v) is 5.53. The molecule has 1 atom stereocenters. The predicted octanol–water partition coefficient (Wildman–Crippen LogP) is 1.98. The van der Waals surface area contributed by atoms with Gasteiger partial charge in [0.25, 0.3) is 0 Å². The molecule has 0 aromatic heterocycles. The Balaban J connectivity index is 3.31. The molecule has 0 aliphatic heterocycles. The lowest BCUT2D eigenvalue weighted by Crippen LogP contribution is -2.29. The zero-order chi connectivity index (χ0) is 11.7. The minimum atomic E-state index is -0.0757. The molecule has 1 N–H and O–H groups in total. The Morgan fingerprint density at radius 2 is 2.00 bits per heavy atom. The van der Waals surface area contributed by atoms with Gasteiger partial charge in [0.1, 0.15) is 0 Å². The number of ether oxygens (including phenoxy) is 2. The molecule has 90 valence electrons. The molecule has 0 aliphatic rings. The smallest absolute Gasteiger partial charge is 0.0707 e. The lowest BCUT2D eigenvalue weighted by Gasteiger charge is -2.20. The van der Waals surface area contributed by atoms with Crippen LogP contribution in [0.25, 0.3) is 0 Å². The molecule has 0 aromatic rings. The summed E-state index contributed by atoms with van der Waals surface area (Å²) in [4.78, 5) is 0. The minimum absolute atomic E-state index is 0.0757. The van der Waals surface area contributed by atoms with Crippen LogP contribution in [0, 0.1) is 0 Å². The molecule has 15 heavy (non-hydrogen) atoms. The third-order valence-corrected chi connectivity index (χ3v) is 1.74. The average molecular weight is 215 g/mol. The van der Waals surface area contributed by atoms with Crippen molar-refractivity contribution >= 4 is 0 Å². The van der Waals surface area contributed by atoms with Gasteiger partial charge in [-0.1, -0.05) is 6.08 Å². The minimum Gasteiger partial charge on any atom is -0.375 e. The fourth-order valence-corrected chi connectivity index (χ4v) is 1.04.